The Morgan fingerprint density at radius 2 is 1.60 bits per heavy atom. The van der Waals surface area contributed by atoms with Crippen LogP contribution in [0.1, 0.15) is 12.5 Å². The van der Waals surface area contributed by atoms with Crippen molar-refractivity contribution in [1.29, 1.82) is 0 Å². The summed E-state index contributed by atoms with van der Waals surface area (Å²) in [6, 6.07) is 15.2. The molecular weight excluding hydrogens is 254 g/mol. The molecule has 0 saturated carbocycles. The zero-order valence-corrected chi connectivity index (χ0v) is 11.6. The van der Waals surface area contributed by atoms with Crippen LogP contribution in [0.3, 0.4) is 0 Å². The van der Waals surface area contributed by atoms with Crippen LogP contribution in [0, 0.1) is 0 Å². The van der Waals surface area contributed by atoms with E-state index in [0.29, 0.717) is 5.75 Å². The summed E-state index contributed by atoms with van der Waals surface area (Å²) in [7, 11) is 1.65. The number of methoxy groups -OCH3 is 1. The van der Waals surface area contributed by atoms with Crippen LogP contribution in [0.5, 0.6) is 11.5 Å². The Labute approximate surface area is 118 Å². The van der Waals surface area contributed by atoms with Crippen molar-refractivity contribution in [1.82, 2.24) is 0 Å². The molecule has 0 aliphatic rings. The van der Waals surface area contributed by atoms with Gasteiger partial charge in [-0.15, -0.1) is 0 Å². The topological polar surface area (TPSA) is 47.6 Å². The van der Waals surface area contributed by atoms with E-state index in [0.717, 1.165) is 23.5 Å². The van der Waals surface area contributed by atoms with E-state index in [1.807, 2.05) is 36.4 Å². The second kappa shape index (κ2) is 6.61. The van der Waals surface area contributed by atoms with Crippen molar-refractivity contribution in [2.45, 2.75) is 13.5 Å². The molecule has 2 aromatic carbocycles. The van der Waals surface area contributed by atoms with Crippen LogP contribution in [-0.2, 0) is 11.3 Å². The number of carbonyl (C=O) groups is 1. The summed E-state index contributed by atoms with van der Waals surface area (Å²) in [5.41, 5.74) is 2.13. The van der Waals surface area contributed by atoms with Gasteiger partial charge in [0.25, 0.3) is 0 Å². The van der Waals surface area contributed by atoms with Gasteiger partial charge in [-0.25, -0.2) is 0 Å². The van der Waals surface area contributed by atoms with Crippen molar-refractivity contribution in [2.24, 2.45) is 0 Å². The predicted molar refractivity (Wildman–Crippen MR) is 78.1 cm³/mol. The molecule has 4 nitrogen and oxygen atoms in total. The minimum atomic E-state index is -0.316. The molecule has 0 atom stereocenters. The molecule has 0 unspecified atom stereocenters. The third kappa shape index (κ3) is 4.02. The summed E-state index contributed by atoms with van der Waals surface area (Å²) < 4.78 is 10.1. The lowest BCUT2D eigenvalue weighted by Crippen LogP contribution is -2.02. The molecule has 2 aromatic rings. The molecule has 0 bridgehead atoms. The Morgan fingerprint density at radius 3 is 2.15 bits per heavy atom. The third-order valence-electron chi connectivity index (χ3n) is 2.77. The average Bonchev–Trinajstić information content (AvgIpc) is 2.46. The standard InChI is InChI=1S/C16H17NO3/c1-12(18)20-16-9-5-14(6-10-16)17-11-13-3-7-15(19-2)8-4-13/h3-10,17H,11H2,1-2H3. The van der Waals surface area contributed by atoms with Crippen LogP contribution >= 0.6 is 0 Å². The number of benzene rings is 2. The quantitative estimate of drug-likeness (QED) is 0.670. The van der Waals surface area contributed by atoms with Crippen LogP contribution in [0.15, 0.2) is 48.5 Å². The highest BCUT2D eigenvalue weighted by atomic mass is 16.5. The molecule has 0 heterocycles. The maximum absolute atomic E-state index is 10.8. The fraction of sp³-hybridized carbons (Fsp3) is 0.188. The van der Waals surface area contributed by atoms with Gasteiger partial charge in [-0.05, 0) is 42.0 Å². The Hall–Kier alpha value is -2.49. The smallest absolute Gasteiger partial charge is 0.308 e. The summed E-state index contributed by atoms with van der Waals surface area (Å²) in [5.74, 6) is 1.08. The van der Waals surface area contributed by atoms with Crippen molar-refractivity contribution in [3.8, 4) is 11.5 Å². The molecule has 0 aromatic heterocycles. The van der Waals surface area contributed by atoms with Gasteiger partial charge in [-0.2, -0.15) is 0 Å². The van der Waals surface area contributed by atoms with Crippen LogP contribution < -0.4 is 14.8 Å². The highest BCUT2D eigenvalue weighted by Gasteiger charge is 1.99. The summed E-state index contributed by atoms with van der Waals surface area (Å²) in [4.78, 5) is 10.8. The van der Waals surface area contributed by atoms with Crippen LogP contribution in [0.4, 0.5) is 5.69 Å². The minimum Gasteiger partial charge on any atom is -0.497 e. The molecule has 104 valence electrons. The van der Waals surface area contributed by atoms with Gasteiger partial charge in [0.2, 0.25) is 0 Å². The van der Waals surface area contributed by atoms with Crippen LogP contribution in [0.2, 0.25) is 0 Å². The number of ether oxygens (including phenoxy) is 2. The lowest BCUT2D eigenvalue weighted by Gasteiger charge is -2.08. The first-order valence-corrected chi connectivity index (χ1v) is 6.32. The number of carbonyl (C=O) groups excluding carboxylic acids is 1. The number of hydrogen-bond acceptors (Lipinski definition) is 4. The molecule has 2 rings (SSSR count). The third-order valence-corrected chi connectivity index (χ3v) is 2.77. The second-order valence-electron chi connectivity index (χ2n) is 4.32. The van der Waals surface area contributed by atoms with E-state index >= 15 is 0 Å². The summed E-state index contributed by atoms with van der Waals surface area (Å²) >= 11 is 0. The second-order valence-corrected chi connectivity index (χ2v) is 4.32. The fourth-order valence-electron chi connectivity index (χ4n) is 1.75. The van der Waals surface area contributed by atoms with Gasteiger partial charge in [0, 0.05) is 19.2 Å². The monoisotopic (exact) mass is 271 g/mol. The average molecular weight is 271 g/mol. The Balaban J connectivity index is 1.91. The van der Waals surface area contributed by atoms with Gasteiger partial charge >= 0.3 is 5.97 Å². The summed E-state index contributed by atoms with van der Waals surface area (Å²) in [6.45, 7) is 2.10. The van der Waals surface area contributed by atoms with E-state index in [1.165, 1.54) is 6.92 Å². The highest BCUT2D eigenvalue weighted by Crippen LogP contribution is 2.17. The van der Waals surface area contributed by atoms with E-state index in [2.05, 4.69) is 5.32 Å². The molecule has 0 saturated heterocycles. The first kappa shape index (κ1) is 13.9. The maximum Gasteiger partial charge on any atom is 0.308 e. The van der Waals surface area contributed by atoms with Crippen molar-refractivity contribution in [2.75, 3.05) is 12.4 Å². The van der Waals surface area contributed by atoms with E-state index in [9.17, 15) is 4.79 Å². The zero-order valence-electron chi connectivity index (χ0n) is 11.6. The van der Waals surface area contributed by atoms with Crippen molar-refractivity contribution in [3.63, 3.8) is 0 Å². The normalized spacial score (nSPS) is 9.90. The molecule has 0 fully saturated rings. The van der Waals surface area contributed by atoms with Crippen molar-refractivity contribution >= 4 is 11.7 Å². The molecule has 4 heteroatoms. The van der Waals surface area contributed by atoms with E-state index < -0.39 is 0 Å². The lowest BCUT2D eigenvalue weighted by atomic mass is 10.2. The first-order chi connectivity index (χ1) is 9.67. The SMILES string of the molecule is COc1ccc(CNc2ccc(OC(C)=O)cc2)cc1. The predicted octanol–water partition coefficient (Wildman–Crippen LogP) is 3.23. The molecule has 0 aliphatic carbocycles. The number of anilines is 1. The molecular formula is C16H17NO3. The fourth-order valence-corrected chi connectivity index (χ4v) is 1.75. The van der Waals surface area contributed by atoms with Crippen molar-refractivity contribution in [3.05, 3.63) is 54.1 Å². The number of nitrogens with one attached hydrogen (secondary N) is 1. The van der Waals surface area contributed by atoms with E-state index in [4.69, 9.17) is 9.47 Å². The summed E-state index contributed by atoms with van der Waals surface area (Å²) in [6.07, 6.45) is 0. The first-order valence-electron chi connectivity index (χ1n) is 6.32. The largest absolute Gasteiger partial charge is 0.497 e. The Morgan fingerprint density at radius 1 is 1.00 bits per heavy atom. The highest BCUT2D eigenvalue weighted by molar-refractivity contribution is 5.69. The van der Waals surface area contributed by atoms with Gasteiger partial charge in [0.05, 0.1) is 7.11 Å². The Kier molecular flexibility index (Phi) is 4.60. The molecule has 0 amide bonds. The molecule has 0 spiro atoms. The lowest BCUT2D eigenvalue weighted by molar-refractivity contribution is -0.131. The summed E-state index contributed by atoms with van der Waals surface area (Å²) in [5, 5.41) is 3.30. The van der Waals surface area contributed by atoms with Gasteiger partial charge in [-0.1, -0.05) is 12.1 Å². The van der Waals surface area contributed by atoms with Crippen LogP contribution in [0.25, 0.3) is 0 Å². The minimum absolute atomic E-state index is 0.316. The molecule has 20 heavy (non-hydrogen) atoms. The molecule has 1 N–H and O–H groups in total. The zero-order chi connectivity index (χ0) is 14.4. The Bertz CT molecular complexity index is 561. The van der Waals surface area contributed by atoms with E-state index in [-0.39, 0.29) is 5.97 Å². The molecule has 0 aliphatic heterocycles. The van der Waals surface area contributed by atoms with Gasteiger partial charge in [-0.3, -0.25) is 4.79 Å². The number of hydrogen-bond donors (Lipinski definition) is 1. The van der Waals surface area contributed by atoms with E-state index in [1.54, 1.807) is 19.2 Å². The van der Waals surface area contributed by atoms with Crippen molar-refractivity contribution < 1.29 is 14.3 Å². The van der Waals surface area contributed by atoms with Gasteiger partial charge < -0.3 is 14.8 Å². The number of esters is 1. The maximum atomic E-state index is 10.8. The molecule has 0 radical (unpaired) electrons. The number of rotatable bonds is 5. The van der Waals surface area contributed by atoms with Gasteiger partial charge in [0.1, 0.15) is 11.5 Å². The van der Waals surface area contributed by atoms with Gasteiger partial charge in [0.15, 0.2) is 0 Å². The van der Waals surface area contributed by atoms with Crippen LogP contribution in [-0.4, -0.2) is 13.1 Å².